The van der Waals surface area contributed by atoms with Gasteiger partial charge in [0.15, 0.2) is 0 Å². The molecule has 0 radical (unpaired) electrons. The molecular formula is C17H25N3O2S. The van der Waals surface area contributed by atoms with E-state index >= 15 is 0 Å². The molecule has 6 heteroatoms. The van der Waals surface area contributed by atoms with Crippen LogP contribution in [0.4, 0.5) is 5.69 Å². The molecule has 2 atom stereocenters. The first-order valence-electron chi connectivity index (χ1n) is 8.00. The maximum absolute atomic E-state index is 12.6. The maximum Gasteiger partial charge on any atom is 0.235 e. The number of nitrogens with zero attached hydrogens (tertiary/aromatic N) is 1. The van der Waals surface area contributed by atoms with Crippen LogP contribution in [0.5, 0.6) is 0 Å². The molecule has 2 unspecified atom stereocenters. The summed E-state index contributed by atoms with van der Waals surface area (Å²) in [6.07, 6.45) is 2.19. The first kappa shape index (κ1) is 17.8. The molecule has 0 spiro atoms. The summed E-state index contributed by atoms with van der Waals surface area (Å²) in [5.41, 5.74) is 0.772. The summed E-state index contributed by atoms with van der Waals surface area (Å²) in [4.78, 5) is 26.6. The van der Waals surface area contributed by atoms with Crippen LogP contribution in [0.1, 0.15) is 26.7 Å². The molecule has 0 bridgehead atoms. The SMILES string of the molecule is CNC1CCCN(C(=O)C(C)Sc2ccc(NC(C)=O)cc2)C1. The second-order valence-electron chi connectivity index (χ2n) is 5.88. The van der Waals surface area contributed by atoms with Crippen molar-refractivity contribution in [2.24, 2.45) is 0 Å². The minimum absolute atomic E-state index is 0.0851. The number of hydrogen-bond donors (Lipinski definition) is 2. The van der Waals surface area contributed by atoms with Gasteiger partial charge >= 0.3 is 0 Å². The highest BCUT2D eigenvalue weighted by Crippen LogP contribution is 2.26. The highest BCUT2D eigenvalue weighted by Gasteiger charge is 2.26. The van der Waals surface area contributed by atoms with Gasteiger partial charge in [-0.15, -0.1) is 11.8 Å². The zero-order valence-electron chi connectivity index (χ0n) is 14.0. The van der Waals surface area contributed by atoms with Crippen molar-refractivity contribution in [2.75, 3.05) is 25.5 Å². The molecule has 1 aliphatic heterocycles. The Bertz CT molecular complexity index is 547. The smallest absolute Gasteiger partial charge is 0.235 e. The monoisotopic (exact) mass is 335 g/mol. The molecule has 23 heavy (non-hydrogen) atoms. The number of anilines is 1. The second kappa shape index (κ2) is 8.36. The van der Waals surface area contributed by atoms with E-state index in [9.17, 15) is 9.59 Å². The maximum atomic E-state index is 12.6. The predicted molar refractivity (Wildman–Crippen MR) is 94.7 cm³/mol. The lowest BCUT2D eigenvalue weighted by molar-refractivity contribution is -0.131. The third-order valence-corrected chi connectivity index (χ3v) is 5.08. The highest BCUT2D eigenvalue weighted by atomic mass is 32.2. The lowest BCUT2D eigenvalue weighted by atomic mass is 10.1. The van der Waals surface area contributed by atoms with Gasteiger partial charge in [-0.2, -0.15) is 0 Å². The van der Waals surface area contributed by atoms with Crippen LogP contribution >= 0.6 is 11.8 Å². The van der Waals surface area contributed by atoms with E-state index in [1.54, 1.807) is 11.8 Å². The summed E-state index contributed by atoms with van der Waals surface area (Å²) in [5, 5.41) is 5.89. The van der Waals surface area contributed by atoms with Crippen molar-refractivity contribution >= 4 is 29.3 Å². The summed E-state index contributed by atoms with van der Waals surface area (Å²) in [6, 6.07) is 8.00. The number of likely N-dealkylation sites (tertiary alicyclic amines) is 1. The first-order chi connectivity index (χ1) is 11.0. The molecule has 5 nitrogen and oxygen atoms in total. The zero-order chi connectivity index (χ0) is 16.8. The second-order valence-corrected chi connectivity index (χ2v) is 7.29. The van der Waals surface area contributed by atoms with Gasteiger partial charge in [0.2, 0.25) is 11.8 Å². The van der Waals surface area contributed by atoms with Crippen LogP contribution in [0.15, 0.2) is 29.2 Å². The van der Waals surface area contributed by atoms with Crippen LogP contribution in [-0.4, -0.2) is 48.1 Å². The van der Waals surface area contributed by atoms with Gasteiger partial charge in [0.1, 0.15) is 0 Å². The molecule has 1 heterocycles. The van der Waals surface area contributed by atoms with E-state index in [1.165, 1.54) is 6.92 Å². The fraction of sp³-hybridized carbons (Fsp3) is 0.529. The van der Waals surface area contributed by atoms with Crippen LogP contribution in [0.2, 0.25) is 0 Å². The van der Waals surface area contributed by atoms with Crippen molar-refractivity contribution in [3.63, 3.8) is 0 Å². The molecule has 0 aromatic heterocycles. The van der Waals surface area contributed by atoms with E-state index in [-0.39, 0.29) is 17.1 Å². The minimum Gasteiger partial charge on any atom is -0.340 e. The van der Waals surface area contributed by atoms with Gasteiger partial charge in [0, 0.05) is 36.6 Å². The quantitative estimate of drug-likeness (QED) is 0.811. The average molecular weight is 335 g/mol. The van der Waals surface area contributed by atoms with Gasteiger partial charge in [0.05, 0.1) is 5.25 Å². The topological polar surface area (TPSA) is 61.4 Å². The van der Waals surface area contributed by atoms with Gasteiger partial charge in [-0.1, -0.05) is 0 Å². The average Bonchev–Trinajstić information content (AvgIpc) is 2.55. The van der Waals surface area contributed by atoms with Crippen LogP contribution in [0.3, 0.4) is 0 Å². The number of likely N-dealkylation sites (N-methyl/N-ethyl adjacent to an activating group) is 1. The molecule has 2 rings (SSSR count). The van der Waals surface area contributed by atoms with Crippen molar-refractivity contribution in [2.45, 2.75) is 42.9 Å². The minimum atomic E-state index is -0.114. The van der Waals surface area contributed by atoms with Crippen molar-refractivity contribution in [3.8, 4) is 0 Å². The molecule has 1 aromatic carbocycles. The Kier molecular flexibility index (Phi) is 6.47. The molecule has 2 amide bonds. The van der Waals surface area contributed by atoms with Crippen molar-refractivity contribution in [3.05, 3.63) is 24.3 Å². The first-order valence-corrected chi connectivity index (χ1v) is 8.88. The van der Waals surface area contributed by atoms with Gasteiger partial charge in [-0.25, -0.2) is 0 Å². The largest absolute Gasteiger partial charge is 0.340 e. The van der Waals surface area contributed by atoms with E-state index in [4.69, 9.17) is 0 Å². The Morgan fingerprint density at radius 3 is 2.61 bits per heavy atom. The number of hydrogen-bond acceptors (Lipinski definition) is 4. The summed E-state index contributed by atoms with van der Waals surface area (Å²) in [5.74, 6) is 0.110. The fourth-order valence-electron chi connectivity index (χ4n) is 2.74. The van der Waals surface area contributed by atoms with Crippen LogP contribution in [-0.2, 0) is 9.59 Å². The molecular weight excluding hydrogens is 310 g/mol. The summed E-state index contributed by atoms with van der Waals surface area (Å²) in [6.45, 7) is 5.09. The number of piperidine rings is 1. The van der Waals surface area contributed by atoms with Crippen LogP contribution in [0.25, 0.3) is 0 Å². The van der Waals surface area contributed by atoms with E-state index in [1.807, 2.05) is 43.1 Å². The molecule has 1 saturated heterocycles. The number of thioether (sulfide) groups is 1. The van der Waals surface area contributed by atoms with Crippen molar-refractivity contribution in [1.82, 2.24) is 10.2 Å². The number of carbonyl (C=O) groups is 2. The van der Waals surface area contributed by atoms with Crippen molar-refractivity contribution < 1.29 is 9.59 Å². The van der Waals surface area contributed by atoms with Crippen molar-refractivity contribution in [1.29, 1.82) is 0 Å². The number of nitrogens with one attached hydrogen (secondary N) is 2. The zero-order valence-corrected chi connectivity index (χ0v) is 14.8. The van der Waals surface area contributed by atoms with E-state index in [2.05, 4.69) is 10.6 Å². The number of rotatable bonds is 5. The van der Waals surface area contributed by atoms with Gasteiger partial charge in [-0.05, 0) is 51.1 Å². The molecule has 1 aliphatic rings. The molecule has 126 valence electrons. The summed E-state index contributed by atoms with van der Waals surface area (Å²) < 4.78 is 0. The molecule has 0 aliphatic carbocycles. The summed E-state index contributed by atoms with van der Waals surface area (Å²) >= 11 is 1.56. The van der Waals surface area contributed by atoms with E-state index < -0.39 is 0 Å². The molecule has 1 aromatic rings. The Hall–Kier alpha value is -1.53. The lowest BCUT2D eigenvalue weighted by Crippen LogP contribution is -2.49. The molecule has 2 N–H and O–H groups in total. The standard InChI is InChI=1S/C17H25N3O2S/c1-12(17(22)20-10-4-5-15(11-20)18-3)23-16-8-6-14(7-9-16)19-13(2)21/h6-9,12,15,18H,4-5,10-11H2,1-3H3,(H,19,21). The van der Waals surface area contributed by atoms with Gasteiger partial charge in [-0.3, -0.25) is 9.59 Å². The van der Waals surface area contributed by atoms with E-state index in [0.717, 1.165) is 36.5 Å². The summed E-state index contributed by atoms with van der Waals surface area (Å²) in [7, 11) is 1.95. The Labute approximate surface area is 142 Å². The van der Waals surface area contributed by atoms with E-state index in [0.29, 0.717) is 6.04 Å². The predicted octanol–water partition coefficient (Wildman–Crippen LogP) is 2.34. The third kappa shape index (κ3) is 5.25. The number of carbonyl (C=O) groups excluding carboxylic acids is 2. The third-order valence-electron chi connectivity index (χ3n) is 3.98. The Morgan fingerprint density at radius 1 is 1.30 bits per heavy atom. The van der Waals surface area contributed by atoms with Gasteiger partial charge < -0.3 is 15.5 Å². The Morgan fingerprint density at radius 2 is 2.00 bits per heavy atom. The number of amides is 2. The fourth-order valence-corrected chi connectivity index (χ4v) is 3.70. The Balaban J connectivity index is 1.91. The molecule has 0 saturated carbocycles. The van der Waals surface area contributed by atoms with Gasteiger partial charge in [0.25, 0.3) is 0 Å². The number of benzene rings is 1. The highest BCUT2D eigenvalue weighted by molar-refractivity contribution is 8.00. The van der Waals surface area contributed by atoms with Crippen LogP contribution in [0, 0.1) is 0 Å². The normalized spacial score (nSPS) is 19.3. The molecule has 1 fully saturated rings. The van der Waals surface area contributed by atoms with Crippen LogP contribution < -0.4 is 10.6 Å². The lowest BCUT2D eigenvalue weighted by Gasteiger charge is -2.34.